The molecule has 0 radical (unpaired) electrons. The normalized spacial score (nSPS) is 34.1. The third kappa shape index (κ3) is 0.902. The molecule has 1 heterocycles. The molecule has 1 aromatic heterocycles. The van der Waals surface area contributed by atoms with Gasteiger partial charge in [0.25, 0.3) is 5.56 Å². The molecule has 4 heteroatoms. The standard InChI is InChI=1S/C12H16N2OS/c1-11(2)6-4-5-12(11,3)8-7(6)9(15)14-10(16)13-8/h6H,4-5H2,1-3H3,(H2,13,14,15,16)/t6-,12-/m0/s1. The van der Waals surface area contributed by atoms with Gasteiger partial charge in [0.05, 0.1) is 0 Å². The van der Waals surface area contributed by atoms with Crippen LogP contribution >= 0.6 is 12.2 Å². The quantitative estimate of drug-likeness (QED) is 0.680. The lowest BCUT2D eigenvalue weighted by molar-refractivity contribution is 0.227. The zero-order chi connectivity index (χ0) is 11.7. The molecule has 2 atom stereocenters. The van der Waals surface area contributed by atoms with E-state index in [1.165, 1.54) is 0 Å². The zero-order valence-corrected chi connectivity index (χ0v) is 10.6. The fourth-order valence-corrected chi connectivity index (χ4v) is 3.91. The van der Waals surface area contributed by atoms with Crippen molar-refractivity contribution in [3.63, 3.8) is 0 Å². The highest BCUT2D eigenvalue weighted by Gasteiger charge is 2.60. The number of hydrogen-bond acceptors (Lipinski definition) is 2. The Kier molecular flexibility index (Phi) is 1.71. The van der Waals surface area contributed by atoms with Crippen molar-refractivity contribution in [2.45, 2.75) is 44.9 Å². The maximum Gasteiger partial charge on any atom is 0.255 e. The fraction of sp³-hybridized carbons (Fsp3) is 0.667. The van der Waals surface area contributed by atoms with Gasteiger partial charge < -0.3 is 4.98 Å². The number of aromatic nitrogens is 2. The average Bonchev–Trinajstić information content (AvgIpc) is 2.48. The minimum atomic E-state index is 0.0141. The van der Waals surface area contributed by atoms with Gasteiger partial charge in [-0.15, -0.1) is 0 Å². The Morgan fingerprint density at radius 3 is 2.69 bits per heavy atom. The first-order valence-electron chi connectivity index (χ1n) is 5.75. The predicted octanol–water partition coefficient (Wildman–Crippen LogP) is 2.61. The second kappa shape index (κ2) is 2.67. The molecule has 86 valence electrons. The number of nitrogens with one attached hydrogen (secondary N) is 2. The van der Waals surface area contributed by atoms with Gasteiger partial charge in [0.1, 0.15) is 0 Å². The lowest BCUT2D eigenvalue weighted by Crippen LogP contribution is -2.32. The first kappa shape index (κ1) is 10.3. The van der Waals surface area contributed by atoms with E-state index in [1.807, 2.05) is 0 Å². The third-order valence-electron chi connectivity index (χ3n) is 5.11. The summed E-state index contributed by atoms with van der Waals surface area (Å²) in [5.74, 6) is 0.378. The van der Waals surface area contributed by atoms with Crippen molar-refractivity contribution >= 4 is 12.2 Å². The number of H-pyrrole nitrogens is 2. The van der Waals surface area contributed by atoms with Crippen LogP contribution in [0.5, 0.6) is 0 Å². The molecule has 0 aromatic carbocycles. The molecule has 1 saturated carbocycles. The van der Waals surface area contributed by atoms with Crippen molar-refractivity contribution in [1.82, 2.24) is 9.97 Å². The molecule has 0 aliphatic heterocycles. The monoisotopic (exact) mass is 236 g/mol. The van der Waals surface area contributed by atoms with Gasteiger partial charge in [-0.05, 0) is 36.4 Å². The SMILES string of the molecule is CC1(C)[C@H]2CC[C@@]1(C)c1[nH]c(=S)[nH]c(=O)c12. The van der Waals surface area contributed by atoms with E-state index in [1.54, 1.807) is 0 Å². The van der Waals surface area contributed by atoms with Crippen LogP contribution in [0.25, 0.3) is 0 Å². The largest absolute Gasteiger partial charge is 0.335 e. The van der Waals surface area contributed by atoms with E-state index in [0.717, 1.165) is 24.1 Å². The highest BCUT2D eigenvalue weighted by Crippen LogP contribution is 2.66. The third-order valence-corrected chi connectivity index (χ3v) is 5.31. The maximum absolute atomic E-state index is 12.0. The van der Waals surface area contributed by atoms with Crippen molar-refractivity contribution in [2.24, 2.45) is 5.41 Å². The van der Waals surface area contributed by atoms with Crippen LogP contribution in [0.2, 0.25) is 0 Å². The Labute approximate surface area is 99.3 Å². The second-order valence-corrected chi connectivity index (χ2v) is 6.25. The first-order valence-corrected chi connectivity index (χ1v) is 6.16. The second-order valence-electron chi connectivity index (χ2n) is 5.84. The number of rotatable bonds is 0. The number of fused-ring (bicyclic) bond motifs is 5. The number of aromatic amines is 2. The van der Waals surface area contributed by atoms with Crippen LogP contribution in [0, 0.1) is 10.2 Å². The first-order chi connectivity index (χ1) is 7.38. The van der Waals surface area contributed by atoms with Gasteiger partial charge in [0.2, 0.25) is 0 Å². The van der Waals surface area contributed by atoms with Crippen LogP contribution in [0.1, 0.15) is 50.8 Å². The van der Waals surface area contributed by atoms with Gasteiger partial charge >= 0.3 is 0 Å². The van der Waals surface area contributed by atoms with E-state index in [0.29, 0.717) is 10.7 Å². The minimum absolute atomic E-state index is 0.0141. The van der Waals surface area contributed by atoms with E-state index in [9.17, 15) is 4.79 Å². The molecule has 0 saturated heterocycles. The van der Waals surface area contributed by atoms with Crippen LogP contribution in [0.15, 0.2) is 4.79 Å². The van der Waals surface area contributed by atoms with Crippen LogP contribution in [0.3, 0.4) is 0 Å². The summed E-state index contributed by atoms with van der Waals surface area (Å²) >= 11 is 5.07. The molecular weight excluding hydrogens is 220 g/mol. The van der Waals surface area contributed by atoms with Crippen molar-refractivity contribution in [3.8, 4) is 0 Å². The van der Waals surface area contributed by atoms with E-state index in [-0.39, 0.29) is 16.4 Å². The summed E-state index contributed by atoms with van der Waals surface area (Å²) in [6.07, 6.45) is 2.26. The minimum Gasteiger partial charge on any atom is -0.335 e. The summed E-state index contributed by atoms with van der Waals surface area (Å²) in [6, 6.07) is 0. The summed E-state index contributed by atoms with van der Waals surface area (Å²) < 4.78 is 0.452. The molecule has 2 aliphatic carbocycles. The molecule has 2 aliphatic rings. The molecule has 0 spiro atoms. The molecule has 1 fully saturated rings. The highest BCUT2D eigenvalue weighted by atomic mass is 32.1. The zero-order valence-electron chi connectivity index (χ0n) is 9.81. The summed E-state index contributed by atoms with van der Waals surface area (Å²) in [5.41, 5.74) is 2.28. The highest BCUT2D eigenvalue weighted by molar-refractivity contribution is 7.71. The average molecular weight is 236 g/mol. The van der Waals surface area contributed by atoms with Crippen molar-refractivity contribution in [2.75, 3.05) is 0 Å². The Morgan fingerprint density at radius 2 is 2.00 bits per heavy atom. The lowest BCUT2D eigenvalue weighted by Gasteiger charge is -2.34. The van der Waals surface area contributed by atoms with Crippen LogP contribution < -0.4 is 5.56 Å². The molecular formula is C12H16N2OS. The smallest absolute Gasteiger partial charge is 0.255 e. The molecule has 16 heavy (non-hydrogen) atoms. The van der Waals surface area contributed by atoms with Crippen molar-refractivity contribution in [3.05, 3.63) is 26.4 Å². The van der Waals surface area contributed by atoms with Gasteiger partial charge in [-0.1, -0.05) is 20.8 Å². The molecule has 2 bridgehead atoms. The van der Waals surface area contributed by atoms with Crippen molar-refractivity contribution < 1.29 is 0 Å². The molecule has 2 N–H and O–H groups in total. The maximum atomic E-state index is 12.0. The molecule has 0 unspecified atom stereocenters. The van der Waals surface area contributed by atoms with E-state index in [4.69, 9.17) is 12.2 Å². The van der Waals surface area contributed by atoms with Gasteiger partial charge in [0, 0.05) is 16.7 Å². The van der Waals surface area contributed by atoms with E-state index < -0.39 is 0 Å². The summed E-state index contributed by atoms with van der Waals surface area (Å²) in [4.78, 5) is 17.9. The van der Waals surface area contributed by atoms with Gasteiger partial charge in [-0.3, -0.25) is 9.78 Å². The van der Waals surface area contributed by atoms with Crippen LogP contribution in [-0.2, 0) is 5.41 Å². The topological polar surface area (TPSA) is 48.6 Å². The molecule has 1 aromatic rings. The van der Waals surface area contributed by atoms with Gasteiger partial charge in [-0.2, -0.15) is 0 Å². The Hall–Kier alpha value is -0.900. The summed E-state index contributed by atoms with van der Waals surface area (Å²) in [7, 11) is 0. The Balaban J connectivity index is 2.43. The molecule has 0 amide bonds. The lowest BCUT2D eigenvalue weighted by atomic mass is 9.70. The Bertz CT molecular complexity index is 583. The summed E-state index contributed by atoms with van der Waals surface area (Å²) in [6.45, 7) is 6.78. The van der Waals surface area contributed by atoms with Gasteiger partial charge in [-0.25, -0.2) is 0 Å². The Morgan fingerprint density at radius 1 is 1.31 bits per heavy atom. The van der Waals surface area contributed by atoms with Crippen LogP contribution in [-0.4, -0.2) is 9.97 Å². The fourth-order valence-electron chi connectivity index (χ4n) is 3.72. The van der Waals surface area contributed by atoms with E-state index in [2.05, 4.69) is 30.7 Å². The van der Waals surface area contributed by atoms with Crippen molar-refractivity contribution in [1.29, 1.82) is 0 Å². The van der Waals surface area contributed by atoms with E-state index >= 15 is 0 Å². The molecule has 3 nitrogen and oxygen atoms in total. The molecule has 3 rings (SSSR count). The predicted molar refractivity (Wildman–Crippen MR) is 65.4 cm³/mol. The number of hydrogen-bond donors (Lipinski definition) is 2. The van der Waals surface area contributed by atoms with Gasteiger partial charge in [0.15, 0.2) is 4.77 Å². The summed E-state index contributed by atoms with van der Waals surface area (Å²) in [5, 5.41) is 0. The van der Waals surface area contributed by atoms with Crippen LogP contribution in [0.4, 0.5) is 0 Å².